The average molecular weight is 563 g/mol. The van der Waals surface area contributed by atoms with Crippen LogP contribution in [0.25, 0.3) is 0 Å². The van der Waals surface area contributed by atoms with E-state index in [9.17, 15) is 19.2 Å². The Morgan fingerprint density at radius 2 is 1.57 bits per heavy atom. The summed E-state index contributed by atoms with van der Waals surface area (Å²) in [5.74, 6) is -2.40. The molecule has 7 rings (SSSR count). The molecule has 42 heavy (non-hydrogen) atoms. The van der Waals surface area contributed by atoms with Gasteiger partial charge in [0.1, 0.15) is 12.1 Å². The molecule has 4 heterocycles. The predicted octanol–water partition coefficient (Wildman–Crippen LogP) is 3.64. The summed E-state index contributed by atoms with van der Waals surface area (Å²) in [4.78, 5) is 61.2. The molecule has 4 aliphatic heterocycles. The van der Waals surface area contributed by atoms with Gasteiger partial charge in [0.25, 0.3) is 5.91 Å². The number of nitrogens with one attached hydrogen (secondary N) is 1. The highest BCUT2D eigenvalue weighted by Gasteiger charge is 2.71. The Balaban J connectivity index is 1.27. The topological polar surface area (TPSA) is 90.0 Å². The number of rotatable bonds is 6. The number of carbonyl (C=O) groups excluding carboxylic acids is 4. The lowest BCUT2D eigenvalue weighted by Gasteiger charge is -2.31. The van der Waals surface area contributed by atoms with Crippen LogP contribution in [-0.2, 0) is 37.7 Å². The zero-order valence-electron chi connectivity index (χ0n) is 23.8. The zero-order chi connectivity index (χ0) is 29.2. The molecule has 2 saturated heterocycles. The maximum absolute atomic E-state index is 14.7. The molecule has 1 N–H and O–H groups in total. The normalized spacial score (nSPS) is 26.0. The van der Waals surface area contributed by atoms with Gasteiger partial charge in [-0.2, -0.15) is 0 Å². The molecule has 0 bridgehead atoms. The van der Waals surface area contributed by atoms with E-state index < -0.39 is 17.4 Å². The SMILES string of the molecule is CC(C)C[C@@H]1N[C@]2(C(=O)N(CC(=O)N3CCc4ccccc43)c3ccccc32)[C@H]2C(=O)N(Cc3ccccc3)C(=O)[C@H]12. The van der Waals surface area contributed by atoms with Crippen LogP contribution in [0, 0.1) is 17.8 Å². The fourth-order valence-corrected chi connectivity index (χ4v) is 7.61. The second kappa shape index (κ2) is 9.91. The monoisotopic (exact) mass is 562 g/mol. The molecular weight excluding hydrogens is 528 g/mol. The van der Waals surface area contributed by atoms with Crippen LogP contribution in [0.15, 0.2) is 78.9 Å². The van der Waals surface area contributed by atoms with Crippen LogP contribution < -0.4 is 15.1 Å². The first kappa shape index (κ1) is 26.6. The molecule has 3 aromatic carbocycles. The van der Waals surface area contributed by atoms with Gasteiger partial charge in [0, 0.05) is 29.5 Å². The largest absolute Gasteiger partial charge is 0.310 e. The second-order valence-electron chi connectivity index (χ2n) is 12.3. The van der Waals surface area contributed by atoms with Crippen molar-refractivity contribution in [2.45, 2.75) is 44.8 Å². The smallest absolute Gasteiger partial charge is 0.253 e. The zero-order valence-corrected chi connectivity index (χ0v) is 23.8. The molecule has 0 radical (unpaired) electrons. The van der Waals surface area contributed by atoms with Gasteiger partial charge in [-0.25, -0.2) is 0 Å². The van der Waals surface area contributed by atoms with Crippen molar-refractivity contribution in [1.82, 2.24) is 10.2 Å². The van der Waals surface area contributed by atoms with Gasteiger partial charge < -0.3 is 9.80 Å². The highest BCUT2D eigenvalue weighted by Crippen LogP contribution is 2.55. The van der Waals surface area contributed by atoms with Crippen molar-refractivity contribution in [1.29, 1.82) is 0 Å². The van der Waals surface area contributed by atoms with E-state index in [2.05, 4.69) is 19.2 Å². The average Bonchev–Trinajstić information content (AvgIpc) is 3.69. The Labute approximate surface area is 245 Å². The van der Waals surface area contributed by atoms with Crippen molar-refractivity contribution < 1.29 is 19.2 Å². The summed E-state index contributed by atoms with van der Waals surface area (Å²) in [7, 11) is 0. The van der Waals surface area contributed by atoms with Gasteiger partial charge in [-0.3, -0.25) is 29.4 Å². The predicted molar refractivity (Wildman–Crippen MR) is 158 cm³/mol. The molecule has 4 aliphatic rings. The number of imide groups is 1. The van der Waals surface area contributed by atoms with E-state index in [0.29, 0.717) is 24.2 Å². The van der Waals surface area contributed by atoms with Crippen LogP contribution in [0.2, 0.25) is 0 Å². The molecule has 214 valence electrons. The third-order valence-corrected chi connectivity index (χ3v) is 9.35. The van der Waals surface area contributed by atoms with Gasteiger partial charge in [-0.1, -0.05) is 80.6 Å². The molecule has 0 aromatic heterocycles. The number of amides is 4. The molecule has 0 saturated carbocycles. The first-order valence-corrected chi connectivity index (χ1v) is 14.8. The van der Waals surface area contributed by atoms with Crippen molar-refractivity contribution >= 4 is 35.0 Å². The molecule has 0 aliphatic carbocycles. The lowest BCUT2D eigenvalue weighted by Crippen LogP contribution is -2.56. The standard InChI is InChI=1S/C34H34N4O4/c1-21(2)18-25-29-30(32(41)38(31(29)40)19-22-10-4-3-5-11-22)34(35-25)24-13-7-9-15-27(24)37(33(34)42)20-28(39)36-17-16-23-12-6-8-14-26(23)36/h3-15,21,25,29-30,35H,16-20H2,1-2H3/t25-,29+,30+,34-/m0/s1. The highest BCUT2D eigenvalue weighted by atomic mass is 16.2. The summed E-state index contributed by atoms with van der Waals surface area (Å²) in [6.45, 7) is 4.74. The number of likely N-dealkylation sites (tertiary alicyclic amines) is 1. The molecule has 8 nitrogen and oxygen atoms in total. The minimum Gasteiger partial charge on any atom is -0.310 e. The van der Waals surface area contributed by atoms with Crippen LogP contribution in [0.4, 0.5) is 11.4 Å². The molecule has 1 spiro atoms. The third kappa shape index (κ3) is 3.85. The molecule has 4 amide bonds. The minimum absolute atomic E-state index is 0.143. The molecule has 8 heteroatoms. The van der Waals surface area contributed by atoms with Gasteiger partial charge in [-0.15, -0.1) is 0 Å². The lowest BCUT2D eigenvalue weighted by molar-refractivity contribution is -0.143. The summed E-state index contributed by atoms with van der Waals surface area (Å²) in [6.07, 6.45) is 1.41. The Kier molecular flexibility index (Phi) is 6.27. The third-order valence-electron chi connectivity index (χ3n) is 9.35. The van der Waals surface area contributed by atoms with E-state index in [4.69, 9.17) is 0 Å². The van der Waals surface area contributed by atoms with Gasteiger partial charge in [0.15, 0.2) is 0 Å². The summed E-state index contributed by atoms with van der Waals surface area (Å²) in [6, 6.07) is 24.3. The number of hydrogen-bond acceptors (Lipinski definition) is 5. The molecule has 3 aromatic rings. The Bertz CT molecular complexity index is 1600. The summed E-state index contributed by atoms with van der Waals surface area (Å²) < 4.78 is 0. The van der Waals surface area contributed by atoms with E-state index in [1.807, 2.05) is 78.9 Å². The van der Waals surface area contributed by atoms with Crippen LogP contribution in [-0.4, -0.2) is 47.7 Å². The van der Waals surface area contributed by atoms with Crippen LogP contribution in [0.3, 0.4) is 0 Å². The van der Waals surface area contributed by atoms with E-state index >= 15 is 0 Å². The summed E-state index contributed by atoms with van der Waals surface area (Å²) in [5.41, 5.74) is 2.71. The minimum atomic E-state index is -1.41. The number of benzene rings is 3. The van der Waals surface area contributed by atoms with Gasteiger partial charge in [-0.05, 0) is 42.0 Å². The number of anilines is 2. The molecular formula is C34H34N4O4. The number of fused-ring (bicyclic) bond motifs is 5. The number of hydrogen-bond donors (Lipinski definition) is 1. The number of para-hydroxylation sites is 2. The highest BCUT2D eigenvalue weighted by molar-refractivity contribution is 6.18. The van der Waals surface area contributed by atoms with Gasteiger partial charge in [0.05, 0.1) is 18.4 Å². The number of nitrogens with zero attached hydrogens (tertiary/aromatic N) is 3. The van der Waals surface area contributed by atoms with E-state index in [1.165, 1.54) is 9.80 Å². The van der Waals surface area contributed by atoms with Crippen molar-refractivity contribution in [3.63, 3.8) is 0 Å². The van der Waals surface area contributed by atoms with Crippen molar-refractivity contribution in [3.05, 3.63) is 95.6 Å². The van der Waals surface area contributed by atoms with Crippen LogP contribution >= 0.6 is 0 Å². The fourth-order valence-electron chi connectivity index (χ4n) is 7.61. The first-order valence-electron chi connectivity index (χ1n) is 14.8. The summed E-state index contributed by atoms with van der Waals surface area (Å²) >= 11 is 0. The van der Waals surface area contributed by atoms with Gasteiger partial charge >= 0.3 is 0 Å². The fraction of sp³-hybridized carbons (Fsp3) is 0.353. The Morgan fingerprint density at radius 3 is 2.33 bits per heavy atom. The van der Waals surface area contributed by atoms with E-state index in [-0.39, 0.29) is 48.7 Å². The van der Waals surface area contributed by atoms with E-state index in [1.54, 1.807) is 4.90 Å². The quantitative estimate of drug-likeness (QED) is 0.464. The maximum atomic E-state index is 14.7. The lowest BCUT2D eigenvalue weighted by atomic mass is 9.76. The van der Waals surface area contributed by atoms with Crippen molar-refractivity contribution in [2.75, 3.05) is 22.9 Å². The molecule has 2 fully saturated rings. The molecule has 0 unspecified atom stereocenters. The van der Waals surface area contributed by atoms with Crippen molar-refractivity contribution in [2.24, 2.45) is 17.8 Å². The maximum Gasteiger partial charge on any atom is 0.253 e. The Hall–Kier alpha value is -4.30. The second-order valence-corrected chi connectivity index (χ2v) is 12.3. The Morgan fingerprint density at radius 1 is 0.881 bits per heavy atom. The van der Waals surface area contributed by atoms with Crippen LogP contribution in [0.5, 0.6) is 0 Å². The first-order chi connectivity index (χ1) is 20.3. The van der Waals surface area contributed by atoms with Gasteiger partial charge in [0.2, 0.25) is 17.7 Å². The van der Waals surface area contributed by atoms with Crippen molar-refractivity contribution in [3.8, 4) is 0 Å². The van der Waals surface area contributed by atoms with Crippen LogP contribution in [0.1, 0.15) is 37.0 Å². The van der Waals surface area contributed by atoms with E-state index in [0.717, 1.165) is 23.2 Å². The molecule has 4 atom stereocenters. The number of carbonyl (C=O) groups is 4. The summed E-state index contributed by atoms with van der Waals surface area (Å²) in [5, 5.41) is 3.55.